The number of carbonyl (C=O) groups is 1. The van der Waals surface area contributed by atoms with E-state index in [-0.39, 0.29) is 11.7 Å². The maximum absolute atomic E-state index is 13.3. The summed E-state index contributed by atoms with van der Waals surface area (Å²) in [7, 11) is 0. The van der Waals surface area contributed by atoms with E-state index in [4.69, 9.17) is 4.74 Å². The number of hydrogen-bond acceptors (Lipinski definition) is 2. The number of likely N-dealkylation sites (tertiary alicyclic amines) is 1. The summed E-state index contributed by atoms with van der Waals surface area (Å²) in [6.07, 6.45) is 2.54. The van der Waals surface area contributed by atoms with Crippen LogP contribution in [-0.2, 0) is 0 Å². The number of ether oxygens (including phenoxy) is 1. The summed E-state index contributed by atoms with van der Waals surface area (Å²) in [4.78, 5) is 14.8. The van der Waals surface area contributed by atoms with Crippen LogP contribution >= 0.6 is 0 Å². The van der Waals surface area contributed by atoms with E-state index in [1.807, 2.05) is 42.5 Å². The fourth-order valence-corrected chi connectivity index (χ4v) is 3.59. The van der Waals surface area contributed by atoms with Crippen molar-refractivity contribution in [3.63, 3.8) is 0 Å². The first-order chi connectivity index (χ1) is 12.6. The first-order valence-electron chi connectivity index (χ1n) is 9.79. The Morgan fingerprint density at radius 3 is 2.27 bits per heavy atom. The van der Waals surface area contributed by atoms with E-state index in [1.54, 1.807) is 4.90 Å². The Hall–Kier alpha value is -2.13. The average molecular weight is 352 g/mol. The van der Waals surface area contributed by atoms with Gasteiger partial charge in [0, 0.05) is 18.4 Å². The minimum absolute atomic E-state index is 0.0771. The van der Waals surface area contributed by atoms with Crippen molar-refractivity contribution in [2.45, 2.75) is 32.6 Å². The van der Waals surface area contributed by atoms with Crippen LogP contribution in [0, 0.1) is 5.92 Å². The van der Waals surface area contributed by atoms with Gasteiger partial charge in [-0.1, -0.05) is 44.2 Å². The smallest absolute Gasteiger partial charge is 0.175 e. The molecule has 0 saturated carbocycles. The van der Waals surface area contributed by atoms with Crippen molar-refractivity contribution in [1.29, 1.82) is 0 Å². The number of hydrogen-bond donors (Lipinski definition) is 1. The van der Waals surface area contributed by atoms with Gasteiger partial charge in [0.1, 0.15) is 5.75 Å². The third-order valence-corrected chi connectivity index (χ3v) is 5.04. The lowest BCUT2D eigenvalue weighted by atomic mass is 9.90. The van der Waals surface area contributed by atoms with Gasteiger partial charge in [0.05, 0.1) is 32.2 Å². The van der Waals surface area contributed by atoms with Crippen LogP contribution < -0.4 is 9.64 Å². The molecule has 1 saturated heterocycles. The van der Waals surface area contributed by atoms with Gasteiger partial charge < -0.3 is 9.64 Å². The third kappa shape index (κ3) is 4.95. The Morgan fingerprint density at radius 2 is 1.65 bits per heavy atom. The molecule has 0 amide bonds. The van der Waals surface area contributed by atoms with Crippen LogP contribution in [0.4, 0.5) is 0 Å². The molecule has 1 fully saturated rings. The molecule has 0 aromatic heterocycles. The van der Waals surface area contributed by atoms with Crippen molar-refractivity contribution in [3.8, 4) is 5.75 Å². The molecule has 2 aromatic rings. The first-order valence-corrected chi connectivity index (χ1v) is 9.79. The molecule has 0 unspecified atom stereocenters. The largest absolute Gasteiger partial charge is 0.493 e. The number of rotatable bonds is 8. The van der Waals surface area contributed by atoms with Crippen LogP contribution in [0.5, 0.6) is 5.75 Å². The number of ketones is 1. The lowest BCUT2D eigenvalue weighted by Gasteiger charge is -2.21. The zero-order chi connectivity index (χ0) is 18.4. The van der Waals surface area contributed by atoms with Gasteiger partial charge in [-0.3, -0.25) is 4.79 Å². The Labute approximate surface area is 157 Å². The molecule has 0 aliphatic carbocycles. The van der Waals surface area contributed by atoms with E-state index < -0.39 is 0 Å². The SMILES string of the molecule is CC(C)COc1ccc(C(=O)[C@@H](C[NH+]2CCCC2)c2ccccc2)cc1. The monoisotopic (exact) mass is 352 g/mol. The molecule has 0 bridgehead atoms. The van der Waals surface area contributed by atoms with Gasteiger partial charge in [-0.05, 0) is 35.7 Å². The number of Topliss-reactive ketones (excluding diaryl/α,β-unsaturated/α-hetero) is 1. The molecular weight excluding hydrogens is 322 g/mol. The second kappa shape index (κ2) is 9.00. The molecule has 1 atom stereocenters. The summed E-state index contributed by atoms with van der Waals surface area (Å²) in [5, 5.41) is 0. The minimum atomic E-state index is -0.0771. The molecule has 3 rings (SSSR count). The van der Waals surface area contributed by atoms with Gasteiger partial charge in [0.15, 0.2) is 5.78 Å². The predicted molar refractivity (Wildman–Crippen MR) is 105 cm³/mol. The summed E-state index contributed by atoms with van der Waals surface area (Å²) in [5.41, 5.74) is 1.89. The van der Waals surface area contributed by atoms with E-state index >= 15 is 0 Å². The normalized spacial score (nSPS) is 16.0. The first kappa shape index (κ1) is 18.7. The molecule has 2 aromatic carbocycles. The summed E-state index contributed by atoms with van der Waals surface area (Å²) < 4.78 is 5.74. The van der Waals surface area contributed by atoms with Crippen LogP contribution in [0.15, 0.2) is 54.6 Å². The van der Waals surface area contributed by atoms with Crippen molar-refractivity contribution in [2.75, 3.05) is 26.2 Å². The molecule has 1 aliphatic rings. The van der Waals surface area contributed by atoms with Crippen LogP contribution in [-0.4, -0.2) is 32.0 Å². The zero-order valence-corrected chi connectivity index (χ0v) is 15.9. The van der Waals surface area contributed by atoms with Gasteiger partial charge in [-0.15, -0.1) is 0 Å². The summed E-state index contributed by atoms with van der Waals surface area (Å²) in [6, 6.07) is 17.9. The fourth-order valence-electron chi connectivity index (χ4n) is 3.59. The minimum Gasteiger partial charge on any atom is -0.493 e. The van der Waals surface area contributed by atoms with Gasteiger partial charge in [-0.2, -0.15) is 0 Å². The van der Waals surface area contributed by atoms with Gasteiger partial charge in [0.25, 0.3) is 0 Å². The quantitative estimate of drug-likeness (QED) is 0.739. The van der Waals surface area contributed by atoms with Crippen LogP contribution in [0.1, 0.15) is 48.5 Å². The van der Waals surface area contributed by atoms with E-state index in [0.717, 1.165) is 23.4 Å². The summed E-state index contributed by atoms with van der Waals surface area (Å²) in [6.45, 7) is 8.19. The Morgan fingerprint density at radius 1 is 1.00 bits per heavy atom. The molecule has 3 heteroatoms. The van der Waals surface area contributed by atoms with Crippen molar-refractivity contribution >= 4 is 5.78 Å². The Kier molecular flexibility index (Phi) is 6.45. The maximum Gasteiger partial charge on any atom is 0.175 e. The Balaban J connectivity index is 1.76. The van der Waals surface area contributed by atoms with Crippen molar-refractivity contribution in [1.82, 2.24) is 0 Å². The lowest BCUT2D eigenvalue weighted by molar-refractivity contribution is -0.887. The molecular formula is C23H30NO2+. The second-order valence-electron chi connectivity index (χ2n) is 7.72. The maximum atomic E-state index is 13.3. The number of quaternary nitrogens is 1. The van der Waals surface area contributed by atoms with Crippen molar-refractivity contribution in [2.24, 2.45) is 5.92 Å². The van der Waals surface area contributed by atoms with E-state index in [1.165, 1.54) is 25.9 Å². The average Bonchev–Trinajstić information content (AvgIpc) is 3.18. The van der Waals surface area contributed by atoms with Gasteiger partial charge >= 0.3 is 0 Å². The fraction of sp³-hybridized carbons (Fsp3) is 0.435. The van der Waals surface area contributed by atoms with Crippen LogP contribution in [0.3, 0.4) is 0 Å². The van der Waals surface area contributed by atoms with Gasteiger partial charge in [0.2, 0.25) is 0 Å². The van der Waals surface area contributed by atoms with Crippen molar-refractivity contribution < 1.29 is 14.4 Å². The molecule has 26 heavy (non-hydrogen) atoms. The highest BCUT2D eigenvalue weighted by Gasteiger charge is 2.28. The second-order valence-corrected chi connectivity index (χ2v) is 7.72. The highest BCUT2D eigenvalue weighted by Crippen LogP contribution is 2.22. The molecule has 0 radical (unpaired) electrons. The number of carbonyl (C=O) groups excluding carboxylic acids is 1. The highest BCUT2D eigenvalue weighted by molar-refractivity contribution is 6.01. The molecule has 0 spiro atoms. The summed E-state index contributed by atoms with van der Waals surface area (Å²) in [5.74, 6) is 1.46. The molecule has 1 N–H and O–H groups in total. The topological polar surface area (TPSA) is 30.7 Å². The molecule has 3 nitrogen and oxygen atoms in total. The predicted octanol–water partition coefficient (Wildman–Crippen LogP) is 3.37. The molecule has 1 aliphatic heterocycles. The standard InChI is InChI=1S/C23H29NO2/c1-18(2)17-26-21-12-10-20(11-13-21)23(25)22(16-24-14-6-7-15-24)19-8-4-3-5-9-19/h3-5,8-13,18,22H,6-7,14-17H2,1-2H3/p+1/t22-/m0/s1. The van der Waals surface area contributed by atoms with E-state index in [0.29, 0.717) is 12.5 Å². The Bertz CT molecular complexity index is 688. The van der Waals surface area contributed by atoms with Crippen LogP contribution in [0.2, 0.25) is 0 Å². The molecule has 138 valence electrons. The number of nitrogens with one attached hydrogen (secondary N) is 1. The third-order valence-electron chi connectivity index (χ3n) is 5.04. The molecule has 1 heterocycles. The lowest BCUT2D eigenvalue weighted by Crippen LogP contribution is -3.10. The highest BCUT2D eigenvalue weighted by atomic mass is 16.5. The number of benzene rings is 2. The van der Waals surface area contributed by atoms with E-state index in [2.05, 4.69) is 26.0 Å². The van der Waals surface area contributed by atoms with Gasteiger partial charge in [-0.25, -0.2) is 0 Å². The van der Waals surface area contributed by atoms with Crippen LogP contribution in [0.25, 0.3) is 0 Å². The van der Waals surface area contributed by atoms with E-state index in [9.17, 15) is 4.79 Å². The van der Waals surface area contributed by atoms with Crippen molar-refractivity contribution in [3.05, 3.63) is 65.7 Å². The zero-order valence-electron chi connectivity index (χ0n) is 15.9. The summed E-state index contributed by atoms with van der Waals surface area (Å²) >= 11 is 0.